The summed E-state index contributed by atoms with van der Waals surface area (Å²) in [5, 5.41) is 11.1. The van der Waals surface area contributed by atoms with Gasteiger partial charge in [0.15, 0.2) is 5.75 Å². The van der Waals surface area contributed by atoms with Gasteiger partial charge in [-0.2, -0.15) is 0 Å². The van der Waals surface area contributed by atoms with Crippen molar-refractivity contribution >= 4 is 21.6 Å². The highest BCUT2D eigenvalue weighted by atomic mass is 32.2. The van der Waals surface area contributed by atoms with Gasteiger partial charge in [-0.1, -0.05) is 24.3 Å². The number of benzene rings is 3. The molecule has 172 valence electrons. The van der Waals surface area contributed by atoms with Crippen LogP contribution in [0.4, 0.5) is 5.69 Å². The van der Waals surface area contributed by atoms with E-state index in [2.05, 4.69) is 0 Å². The Kier molecular flexibility index (Phi) is 7.13. The Balaban J connectivity index is 1.73. The van der Waals surface area contributed by atoms with Crippen LogP contribution < -0.4 is 18.9 Å². The van der Waals surface area contributed by atoms with Crippen molar-refractivity contribution in [3.63, 3.8) is 0 Å². The van der Waals surface area contributed by atoms with Gasteiger partial charge in [0.2, 0.25) is 0 Å². The first-order chi connectivity index (χ1) is 15.7. The second-order valence-corrected chi connectivity index (χ2v) is 8.34. The number of nitro groups is 1. The molecule has 3 aromatic carbocycles. The van der Waals surface area contributed by atoms with E-state index in [1.807, 2.05) is 4.72 Å². The van der Waals surface area contributed by atoms with Gasteiger partial charge in [-0.05, 0) is 42.0 Å². The molecular weight excluding hydrogens is 452 g/mol. The number of hydrogen-bond donors (Lipinski definition) is 1. The SMILES string of the molecule is COc1ccc(OC)c(C(=O)NS(=O)(=O)c2ccc(COc3ccccc3[N+](=O)[O-])cc2)c1. The van der Waals surface area contributed by atoms with E-state index in [4.69, 9.17) is 14.2 Å². The highest BCUT2D eigenvalue weighted by molar-refractivity contribution is 7.90. The second-order valence-electron chi connectivity index (χ2n) is 6.66. The number of carbonyl (C=O) groups is 1. The number of hydrogen-bond acceptors (Lipinski definition) is 8. The van der Waals surface area contributed by atoms with Gasteiger partial charge in [0, 0.05) is 6.07 Å². The number of rotatable bonds is 9. The molecule has 0 saturated heterocycles. The lowest BCUT2D eigenvalue weighted by Gasteiger charge is -2.12. The molecule has 0 aliphatic rings. The molecule has 10 nitrogen and oxygen atoms in total. The summed E-state index contributed by atoms with van der Waals surface area (Å²) in [5.41, 5.74) is 0.398. The second kappa shape index (κ2) is 10.0. The molecule has 0 aliphatic heterocycles. The Morgan fingerprint density at radius 3 is 2.30 bits per heavy atom. The van der Waals surface area contributed by atoms with E-state index in [1.165, 1.54) is 68.8 Å². The van der Waals surface area contributed by atoms with Gasteiger partial charge in [-0.25, -0.2) is 13.1 Å². The molecule has 0 heterocycles. The van der Waals surface area contributed by atoms with Crippen LogP contribution in [-0.4, -0.2) is 33.5 Å². The van der Waals surface area contributed by atoms with E-state index >= 15 is 0 Å². The number of methoxy groups -OCH3 is 2. The summed E-state index contributed by atoms with van der Waals surface area (Å²) in [6, 6.07) is 15.9. The molecule has 0 atom stereocenters. The Bertz CT molecular complexity index is 1270. The molecular formula is C22H20N2O8S. The summed E-state index contributed by atoms with van der Waals surface area (Å²) in [6.45, 7) is -0.0153. The van der Waals surface area contributed by atoms with Crippen LogP contribution in [0, 0.1) is 10.1 Å². The largest absolute Gasteiger partial charge is 0.497 e. The van der Waals surface area contributed by atoms with Crippen LogP contribution in [-0.2, 0) is 16.6 Å². The summed E-state index contributed by atoms with van der Waals surface area (Å²) < 4.78 is 43.0. The fourth-order valence-corrected chi connectivity index (χ4v) is 3.85. The quantitative estimate of drug-likeness (QED) is 0.370. The molecule has 0 fully saturated rings. The van der Waals surface area contributed by atoms with Gasteiger partial charge in [-0.3, -0.25) is 14.9 Å². The van der Waals surface area contributed by atoms with Crippen molar-refractivity contribution in [3.05, 3.63) is 88.0 Å². The maximum atomic E-state index is 12.7. The molecule has 0 spiro atoms. The lowest BCUT2D eigenvalue weighted by Crippen LogP contribution is -2.30. The minimum atomic E-state index is -4.18. The van der Waals surface area contributed by atoms with Crippen molar-refractivity contribution in [1.29, 1.82) is 0 Å². The highest BCUT2D eigenvalue weighted by Crippen LogP contribution is 2.27. The standard InChI is InChI=1S/C22H20N2O8S/c1-30-16-9-12-20(31-2)18(13-16)22(25)23-33(28,29)17-10-7-15(8-11-17)14-32-21-6-4-3-5-19(21)24(26)27/h3-13H,14H2,1-2H3,(H,23,25). The monoisotopic (exact) mass is 472 g/mol. The van der Waals surface area contributed by atoms with Crippen molar-refractivity contribution in [2.75, 3.05) is 14.2 Å². The van der Waals surface area contributed by atoms with Crippen LogP contribution in [0.15, 0.2) is 71.6 Å². The third kappa shape index (κ3) is 5.57. The third-order valence-corrected chi connectivity index (χ3v) is 5.92. The summed E-state index contributed by atoms with van der Waals surface area (Å²) in [4.78, 5) is 23.0. The molecule has 1 N–H and O–H groups in total. The first kappa shape index (κ1) is 23.5. The van der Waals surface area contributed by atoms with Crippen molar-refractivity contribution in [2.45, 2.75) is 11.5 Å². The normalized spacial score (nSPS) is 10.8. The van der Waals surface area contributed by atoms with E-state index in [0.29, 0.717) is 11.3 Å². The van der Waals surface area contributed by atoms with Crippen LogP contribution >= 0.6 is 0 Å². The molecule has 33 heavy (non-hydrogen) atoms. The number of ether oxygens (including phenoxy) is 3. The Labute approximate surface area is 189 Å². The predicted molar refractivity (Wildman–Crippen MR) is 118 cm³/mol. The van der Waals surface area contributed by atoms with E-state index in [0.717, 1.165) is 0 Å². The van der Waals surface area contributed by atoms with Gasteiger partial charge in [0.05, 0.1) is 29.6 Å². The van der Waals surface area contributed by atoms with Gasteiger partial charge in [0.1, 0.15) is 18.1 Å². The maximum Gasteiger partial charge on any atom is 0.310 e. The lowest BCUT2D eigenvalue weighted by molar-refractivity contribution is -0.385. The number of nitrogens with zero attached hydrogens (tertiary/aromatic N) is 1. The number of sulfonamides is 1. The molecule has 0 unspecified atom stereocenters. The number of carbonyl (C=O) groups excluding carboxylic acids is 1. The first-order valence-corrected chi connectivity index (χ1v) is 11.0. The minimum Gasteiger partial charge on any atom is -0.497 e. The van der Waals surface area contributed by atoms with Crippen molar-refractivity contribution in [3.8, 4) is 17.2 Å². The fraction of sp³-hybridized carbons (Fsp3) is 0.136. The van der Waals surface area contributed by atoms with Crippen LogP contribution in [0.25, 0.3) is 0 Å². The zero-order chi connectivity index (χ0) is 24.0. The van der Waals surface area contributed by atoms with Crippen molar-refractivity contribution in [1.82, 2.24) is 4.72 Å². The third-order valence-electron chi connectivity index (χ3n) is 4.57. The molecule has 0 aliphatic carbocycles. The Hall–Kier alpha value is -4.12. The van der Waals surface area contributed by atoms with Crippen LogP contribution in [0.3, 0.4) is 0 Å². The molecule has 3 aromatic rings. The van der Waals surface area contributed by atoms with Crippen LogP contribution in [0.5, 0.6) is 17.2 Å². The van der Waals surface area contributed by atoms with E-state index in [9.17, 15) is 23.3 Å². The summed E-state index contributed by atoms with van der Waals surface area (Å²) in [6.07, 6.45) is 0. The van der Waals surface area contributed by atoms with Crippen LogP contribution in [0.1, 0.15) is 15.9 Å². The summed E-state index contributed by atoms with van der Waals surface area (Å²) >= 11 is 0. The molecule has 0 saturated carbocycles. The zero-order valence-electron chi connectivity index (χ0n) is 17.7. The molecule has 0 aromatic heterocycles. The van der Waals surface area contributed by atoms with E-state index < -0.39 is 20.9 Å². The molecule has 0 bridgehead atoms. The number of amides is 1. The number of nitro benzene ring substituents is 1. The number of para-hydroxylation sites is 2. The van der Waals surface area contributed by atoms with Gasteiger partial charge in [-0.15, -0.1) is 0 Å². The van der Waals surface area contributed by atoms with E-state index in [-0.39, 0.29) is 34.3 Å². The van der Waals surface area contributed by atoms with Crippen LogP contribution in [0.2, 0.25) is 0 Å². The maximum absolute atomic E-state index is 12.7. The number of nitrogens with one attached hydrogen (secondary N) is 1. The van der Waals surface area contributed by atoms with Gasteiger partial charge >= 0.3 is 5.69 Å². The first-order valence-electron chi connectivity index (χ1n) is 9.49. The van der Waals surface area contributed by atoms with E-state index in [1.54, 1.807) is 12.1 Å². The topological polar surface area (TPSA) is 134 Å². The van der Waals surface area contributed by atoms with Crippen molar-refractivity contribution in [2.24, 2.45) is 0 Å². The molecule has 0 radical (unpaired) electrons. The molecule has 3 rings (SSSR count). The van der Waals surface area contributed by atoms with Gasteiger partial charge < -0.3 is 14.2 Å². The molecule has 11 heteroatoms. The zero-order valence-corrected chi connectivity index (χ0v) is 18.5. The Morgan fingerprint density at radius 2 is 1.67 bits per heavy atom. The van der Waals surface area contributed by atoms with Crippen molar-refractivity contribution < 1.29 is 32.3 Å². The highest BCUT2D eigenvalue weighted by Gasteiger charge is 2.22. The lowest BCUT2D eigenvalue weighted by atomic mass is 10.2. The fourth-order valence-electron chi connectivity index (χ4n) is 2.88. The van der Waals surface area contributed by atoms with Gasteiger partial charge in [0.25, 0.3) is 15.9 Å². The summed E-state index contributed by atoms with van der Waals surface area (Å²) in [7, 11) is -1.40. The molecule has 1 amide bonds. The predicted octanol–water partition coefficient (Wildman–Crippen LogP) is 3.31. The average molecular weight is 472 g/mol. The average Bonchev–Trinajstić information content (AvgIpc) is 2.82. The minimum absolute atomic E-state index is 0.00472. The summed E-state index contributed by atoms with van der Waals surface area (Å²) in [5.74, 6) is -0.236. The Morgan fingerprint density at radius 1 is 0.970 bits per heavy atom. The smallest absolute Gasteiger partial charge is 0.310 e.